The highest BCUT2D eigenvalue weighted by Crippen LogP contribution is 2.42. The van der Waals surface area contributed by atoms with Gasteiger partial charge in [-0.1, -0.05) is 43.1 Å². The number of nitrogens with two attached hydrogens (primary N) is 1. The van der Waals surface area contributed by atoms with Crippen molar-refractivity contribution >= 4 is 40.7 Å². The second-order valence-electron chi connectivity index (χ2n) is 5.23. The van der Waals surface area contributed by atoms with Crippen molar-refractivity contribution in [2.45, 2.75) is 30.2 Å². The molecule has 0 saturated heterocycles. The molecule has 0 aromatic heterocycles. The minimum Gasteiger partial charge on any atom is -0.398 e. The fourth-order valence-corrected chi connectivity index (χ4v) is 3.63. The normalized spacial score (nSPS) is 12.0. The average Bonchev–Trinajstić information content (AvgIpc) is 2.39. The molecule has 2 rings (SSSR count). The molecule has 0 unspecified atom stereocenters. The first kappa shape index (κ1) is 18.3. The van der Waals surface area contributed by atoms with Gasteiger partial charge in [-0.25, -0.2) is 0 Å². The molecule has 7 heteroatoms. The molecule has 0 aliphatic carbocycles. The van der Waals surface area contributed by atoms with Gasteiger partial charge in [0.15, 0.2) is 0 Å². The highest BCUT2D eigenvalue weighted by Gasteiger charge is 2.32. The highest BCUT2D eigenvalue weighted by molar-refractivity contribution is 8.00. The summed E-state index contributed by atoms with van der Waals surface area (Å²) in [4.78, 5) is 0.905. The molecule has 0 spiro atoms. The quantitative estimate of drug-likeness (QED) is 0.470. The first-order valence-electron chi connectivity index (χ1n) is 6.72. The lowest BCUT2D eigenvalue weighted by atomic mass is 10.0. The number of thioether (sulfide) groups is 1. The number of alkyl halides is 3. The Kier molecular flexibility index (Phi) is 5.44. The van der Waals surface area contributed by atoms with Crippen LogP contribution in [0.1, 0.15) is 19.4 Å². The lowest BCUT2D eigenvalue weighted by molar-refractivity contribution is -0.137. The van der Waals surface area contributed by atoms with E-state index in [1.54, 1.807) is 23.9 Å². The van der Waals surface area contributed by atoms with Crippen molar-refractivity contribution in [3.8, 4) is 11.1 Å². The summed E-state index contributed by atoms with van der Waals surface area (Å²) in [6.07, 6.45) is -4.50. The maximum absolute atomic E-state index is 12.8. The molecule has 2 N–H and O–H groups in total. The SMILES string of the molecule is CC(C)Sc1ccc(-c2c(Cl)cc(C(F)(F)F)cc2Cl)cc1N. The number of nitrogen functional groups attached to an aromatic ring is 1. The standard InChI is InChI=1S/C16H14Cl2F3NS/c1-8(2)23-14-4-3-9(5-13(14)22)15-11(17)6-10(7-12(15)18)16(19,20)21/h3-8H,22H2,1-2H3. The van der Waals surface area contributed by atoms with E-state index in [1.807, 2.05) is 19.9 Å². The van der Waals surface area contributed by atoms with E-state index in [2.05, 4.69) is 0 Å². The zero-order valence-electron chi connectivity index (χ0n) is 12.3. The first-order chi connectivity index (χ1) is 10.6. The smallest absolute Gasteiger partial charge is 0.398 e. The van der Waals surface area contributed by atoms with Gasteiger partial charge >= 0.3 is 6.18 Å². The molecule has 0 bridgehead atoms. The average molecular weight is 380 g/mol. The molecular weight excluding hydrogens is 366 g/mol. The fraction of sp³-hybridized carbons (Fsp3) is 0.250. The molecule has 0 amide bonds. The van der Waals surface area contributed by atoms with Crippen LogP contribution >= 0.6 is 35.0 Å². The molecule has 0 fully saturated rings. The third kappa shape index (κ3) is 4.28. The Balaban J connectivity index is 2.49. The van der Waals surface area contributed by atoms with Gasteiger partial charge < -0.3 is 5.73 Å². The molecule has 0 aliphatic heterocycles. The Labute approximate surface area is 147 Å². The van der Waals surface area contributed by atoms with Crippen LogP contribution in [0.3, 0.4) is 0 Å². The van der Waals surface area contributed by atoms with Gasteiger partial charge in [0.05, 0.1) is 15.6 Å². The summed E-state index contributed by atoms with van der Waals surface area (Å²) < 4.78 is 38.3. The second-order valence-corrected chi connectivity index (χ2v) is 7.66. The van der Waals surface area contributed by atoms with Gasteiger partial charge in [0.1, 0.15) is 0 Å². The van der Waals surface area contributed by atoms with Gasteiger partial charge in [0.25, 0.3) is 0 Å². The largest absolute Gasteiger partial charge is 0.416 e. The van der Waals surface area contributed by atoms with Crippen LogP contribution in [0.5, 0.6) is 0 Å². The maximum atomic E-state index is 12.8. The van der Waals surface area contributed by atoms with Crippen molar-refractivity contribution in [2.75, 3.05) is 5.73 Å². The summed E-state index contributed by atoms with van der Waals surface area (Å²) in [6, 6.07) is 6.98. The van der Waals surface area contributed by atoms with Gasteiger partial charge in [-0.3, -0.25) is 0 Å². The predicted octanol–water partition coefficient (Wildman–Crippen LogP) is 6.76. The minimum absolute atomic E-state index is 0.0616. The van der Waals surface area contributed by atoms with E-state index in [0.29, 0.717) is 22.1 Å². The molecule has 0 radical (unpaired) electrons. The van der Waals surface area contributed by atoms with E-state index in [4.69, 9.17) is 28.9 Å². The molecule has 0 aliphatic rings. The van der Waals surface area contributed by atoms with Gasteiger partial charge in [0.2, 0.25) is 0 Å². The van der Waals surface area contributed by atoms with Crippen LogP contribution < -0.4 is 5.73 Å². The van der Waals surface area contributed by atoms with E-state index < -0.39 is 11.7 Å². The molecule has 0 heterocycles. The maximum Gasteiger partial charge on any atom is 0.416 e. The summed E-state index contributed by atoms with van der Waals surface area (Å²) in [5.41, 5.74) is 6.60. The van der Waals surface area contributed by atoms with Crippen molar-refractivity contribution in [1.29, 1.82) is 0 Å². The lowest BCUT2D eigenvalue weighted by Crippen LogP contribution is -2.05. The summed E-state index contributed by atoms with van der Waals surface area (Å²) in [7, 11) is 0. The van der Waals surface area contributed by atoms with E-state index in [-0.39, 0.29) is 10.0 Å². The van der Waals surface area contributed by atoms with Gasteiger partial charge in [-0.2, -0.15) is 13.2 Å². The van der Waals surface area contributed by atoms with Crippen LogP contribution in [0.15, 0.2) is 35.2 Å². The number of rotatable bonds is 3. The Bertz CT molecular complexity index is 707. The molecule has 0 atom stereocenters. The minimum atomic E-state index is -4.50. The van der Waals surface area contributed by atoms with Crippen LogP contribution in [-0.2, 0) is 6.18 Å². The first-order valence-corrected chi connectivity index (χ1v) is 8.36. The van der Waals surface area contributed by atoms with E-state index in [9.17, 15) is 13.2 Å². The molecular formula is C16H14Cl2F3NS. The number of benzene rings is 2. The van der Waals surface area contributed by atoms with Crippen LogP contribution in [0.2, 0.25) is 10.0 Å². The van der Waals surface area contributed by atoms with Crippen molar-refractivity contribution < 1.29 is 13.2 Å². The van der Waals surface area contributed by atoms with Gasteiger partial charge in [0, 0.05) is 21.4 Å². The van der Waals surface area contributed by atoms with Crippen molar-refractivity contribution in [2.24, 2.45) is 0 Å². The topological polar surface area (TPSA) is 26.0 Å². The van der Waals surface area contributed by atoms with E-state index in [0.717, 1.165) is 17.0 Å². The van der Waals surface area contributed by atoms with Crippen molar-refractivity contribution in [1.82, 2.24) is 0 Å². The number of halogens is 5. The third-order valence-electron chi connectivity index (χ3n) is 3.03. The third-order valence-corrected chi connectivity index (χ3v) is 4.72. The molecule has 1 nitrogen and oxygen atoms in total. The Hall–Kier alpha value is -1.04. The Morgan fingerprint density at radius 1 is 1.04 bits per heavy atom. The van der Waals surface area contributed by atoms with Crippen LogP contribution in [-0.4, -0.2) is 5.25 Å². The summed E-state index contributed by atoms with van der Waals surface area (Å²) in [5.74, 6) is 0. The zero-order valence-corrected chi connectivity index (χ0v) is 14.7. The van der Waals surface area contributed by atoms with Gasteiger partial charge in [-0.05, 0) is 29.8 Å². The Morgan fingerprint density at radius 3 is 2.04 bits per heavy atom. The number of hydrogen-bond acceptors (Lipinski definition) is 2. The van der Waals surface area contributed by atoms with Crippen LogP contribution in [0, 0.1) is 0 Å². The van der Waals surface area contributed by atoms with Crippen LogP contribution in [0.25, 0.3) is 11.1 Å². The molecule has 0 saturated carbocycles. The highest BCUT2D eigenvalue weighted by atomic mass is 35.5. The molecule has 23 heavy (non-hydrogen) atoms. The molecule has 2 aromatic rings. The van der Waals surface area contributed by atoms with E-state index >= 15 is 0 Å². The summed E-state index contributed by atoms with van der Waals surface area (Å²) in [5, 5.41) is 0.239. The number of hydrogen-bond donors (Lipinski definition) is 1. The monoisotopic (exact) mass is 379 g/mol. The molecule has 124 valence electrons. The predicted molar refractivity (Wildman–Crippen MR) is 92.3 cm³/mol. The zero-order chi connectivity index (χ0) is 17.4. The Morgan fingerprint density at radius 2 is 1.61 bits per heavy atom. The van der Waals surface area contributed by atoms with E-state index in [1.165, 1.54) is 0 Å². The summed E-state index contributed by atoms with van der Waals surface area (Å²) >= 11 is 13.6. The van der Waals surface area contributed by atoms with Crippen molar-refractivity contribution in [3.63, 3.8) is 0 Å². The van der Waals surface area contributed by atoms with Crippen LogP contribution in [0.4, 0.5) is 18.9 Å². The van der Waals surface area contributed by atoms with Gasteiger partial charge in [-0.15, -0.1) is 11.8 Å². The molecule has 2 aromatic carbocycles. The van der Waals surface area contributed by atoms with Crippen molar-refractivity contribution in [3.05, 3.63) is 45.9 Å². The second kappa shape index (κ2) is 6.83. The fourth-order valence-electron chi connectivity index (χ4n) is 2.08. The lowest BCUT2D eigenvalue weighted by Gasteiger charge is -2.14. The summed E-state index contributed by atoms with van der Waals surface area (Å²) in [6.45, 7) is 4.09. The number of anilines is 1.